The minimum atomic E-state index is 0.303. The molecule has 0 N–H and O–H groups in total. The summed E-state index contributed by atoms with van der Waals surface area (Å²) in [4.78, 5) is 7.75. The molecule has 2 nitrogen and oxygen atoms in total. The summed E-state index contributed by atoms with van der Waals surface area (Å²) in [5.74, 6) is 0. The molecule has 0 aliphatic heterocycles. The van der Waals surface area contributed by atoms with E-state index in [9.17, 15) is 0 Å². The summed E-state index contributed by atoms with van der Waals surface area (Å²) >= 11 is 0. The highest BCUT2D eigenvalue weighted by Gasteiger charge is 1.90. The number of hydrogen-bond acceptors (Lipinski definition) is 2. The third kappa shape index (κ3) is 3.53. The van der Waals surface area contributed by atoms with Gasteiger partial charge in [-0.25, -0.2) is 0 Å². The molecule has 0 aromatic heterocycles. The number of nitrogens with zero attached hydrogens (tertiary/aromatic N) is 2. The molecule has 46 valence electrons. The topological polar surface area (TPSA) is 24.7 Å². The Balaban J connectivity index is 3.31. The SMILES string of the molecule is C=NCC(C)N=CC. The zero-order valence-corrected chi connectivity index (χ0v) is 5.46. The van der Waals surface area contributed by atoms with E-state index in [1.54, 1.807) is 6.21 Å². The molecule has 0 fully saturated rings. The van der Waals surface area contributed by atoms with Crippen LogP contribution in [0.15, 0.2) is 9.98 Å². The molecule has 0 saturated carbocycles. The van der Waals surface area contributed by atoms with Crippen LogP contribution >= 0.6 is 0 Å². The zero-order valence-electron chi connectivity index (χ0n) is 5.46. The van der Waals surface area contributed by atoms with E-state index in [0.29, 0.717) is 6.04 Å². The zero-order chi connectivity index (χ0) is 6.41. The average Bonchev–Trinajstić information content (AvgIpc) is 1.68. The van der Waals surface area contributed by atoms with Crippen molar-refractivity contribution in [2.45, 2.75) is 19.9 Å². The molecule has 0 aromatic rings. The summed E-state index contributed by atoms with van der Waals surface area (Å²) in [6.07, 6.45) is 1.79. The number of aliphatic imine (C=N–C) groups is 2. The summed E-state index contributed by atoms with van der Waals surface area (Å²) in [6.45, 7) is 8.00. The lowest BCUT2D eigenvalue weighted by atomic mass is 10.4. The van der Waals surface area contributed by atoms with Gasteiger partial charge in [0.25, 0.3) is 0 Å². The maximum absolute atomic E-state index is 4.06. The second kappa shape index (κ2) is 4.50. The molecule has 0 rings (SSSR count). The quantitative estimate of drug-likeness (QED) is 0.489. The first kappa shape index (κ1) is 7.34. The summed E-state index contributed by atoms with van der Waals surface area (Å²) in [5, 5.41) is 0. The van der Waals surface area contributed by atoms with Crippen LogP contribution in [-0.2, 0) is 0 Å². The van der Waals surface area contributed by atoms with Gasteiger partial charge in [0.2, 0.25) is 0 Å². The van der Waals surface area contributed by atoms with Crippen molar-refractivity contribution in [3.63, 3.8) is 0 Å². The molecule has 0 radical (unpaired) electrons. The Labute approximate surface area is 50.4 Å². The van der Waals surface area contributed by atoms with Gasteiger partial charge in [-0.2, -0.15) is 0 Å². The molecule has 2 heteroatoms. The van der Waals surface area contributed by atoms with E-state index < -0.39 is 0 Å². The molecule has 0 amide bonds. The molecular weight excluding hydrogens is 100 g/mol. The monoisotopic (exact) mass is 112 g/mol. The van der Waals surface area contributed by atoms with E-state index in [4.69, 9.17) is 0 Å². The highest BCUT2D eigenvalue weighted by atomic mass is 14.8. The predicted molar refractivity (Wildman–Crippen MR) is 38.0 cm³/mol. The van der Waals surface area contributed by atoms with Crippen LogP contribution in [0.2, 0.25) is 0 Å². The second-order valence-corrected chi connectivity index (χ2v) is 1.66. The highest BCUT2D eigenvalue weighted by molar-refractivity contribution is 5.53. The van der Waals surface area contributed by atoms with Crippen LogP contribution in [0, 0.1) is 0 Å². The lowest BCUT2D eigenvalue weighted by Crippen LogP contribution is -2.01. The van der Waals surface area contributed by atoms with Crippen LogP contribution in [0.25, 0.3) is 0 Å². The first-order chi connectivity index (χ1) is 3.81. The molecule has 0 saturated heterocycles. The van der Waals surface area contributed by atoms with Crippen molar-refractivity contribution in [2.24, 2.45) is 9.98 Å². The van der Waals surface area contributed by atoms with Gasteiger partial charge in [0.1, 0.15) is 0 Å². The van der Waals surface area contributed by atoms with Crippen LogP contribution in [0.4, 0.5) is 0 Å². The Morgan fingerprint density at radius 2 is 2.38 bits per heavy atom. The van der Waals surface area contributed by atoms with Crippen molar-refractivity contribution < 1.29 is 0 Å². The summed E-state index contributed by atoms with van der Waals surface area (Å²) in [5.41, 5.74) is 0. The molecule has 0 spiro atoms. The van der Waals surface area contributed by atoms with E-state index in [-0.39, 0.29) is 0 Å². The van der Waals surface area contributed by atoms with Crippen molar-refractivity contribution in [2.75, 3.05) is 6.54 Å². The number of rotatable bonds is 3. The molecule has 1 atom stereocenters. The third-order valence-corrected chi connectivity index (χ3v) is 0.797. The Morgan fingerprint density at radius 1 is 1.75 bits per heavy atom. The van der Waals surface area contributed by atoms with Gasteiger partial charge in [-0.1, -0.05) is 0 Å². The lowest BCUT2D eigenvalue weighted by molar-refractivity contribution is 0.762. The van der Waals surface area contributed by atoms with Gasteiger partial charge in [-0.05, 0) is 26.8 Å². The smallest absolute Gasteiger partial charge is 0.0662 e. The largest absolute Gasteiger partial charge is 0.299 e. The molecule has 0 heterocycles. The lowest BCUT2D eigenvalue weighted by Gasteiger charge is -1.96. The van der Waals surface area contributed by atoms with Crippen molar-refractivity contribution in [3.05, 3.63) is 0 Å². The normalized spacial score (nSPS) is 14.2. The summed E-state index contributed by atoms with van der Waals surface area (Å²) in [6, 6.07) is 0.303. The summed E-state index contributed by atoms with van der Waals surface area (Å²) in [7, 11) is 0. The first-order valence-electron chi connectivity index (χ1n) is 2.71. The molecule has 0 aliphatic carbocycles. The van der Waals surface area contributed by atoms with Crippen LogP contribution in [0.3, 0.4) is 0 Å². The van der Waals surface area contributed by atoms with Gasteiger partial charge in [-0.3, -0.25) is 9.98 Å². The Hall–Kier alpha value is -0.660. The maximum Gasteiger partial charge on any atom is 0.0662 e. The molecule has 8 heavy (non-hydrogen) atoms. The van der Waals surface area contributed by atoms with Gasteiger partial charge < -0.3 is 0 Å². The van der Waals surface area contributed by atoms with Gasteiger partial charge >= 0.3 is 0 Å². The van der Waals surface area contributed by atoms with Crippen LogP contribution in [0.5, 0.6) is 0 Å². The van der Waals surface area contributed by atoms with E-state index in [0.717, 1.165) is 6.54 Å². The van der Waals surface area contributed by atoms with Crippen molar-refractivity contribution in [3.8, 4) is 0 Å². The Morgan fingerprint density at radius 3 is 2.75 bits per heavy atom. The molecular formula is C6H12N2. The Kier molecular flexibility index (Phi) is 4.13. The number of hydrogen-bond donors (Lipinski definition) is 0. The van der Waals surface area contributed by atoms with Crippen molar-refractivity contribution >= 4 is 12.9 Å². The Bertz CT molecular complexity index is 86.5. The third-order valence-electron chi connectivity index (χ3n) is 0.797. The fraction of sp³-hybridized carbons (Fsp3) is 0.667. The minimum Gasteiger partial charge on any atom is -0.299 e. The molecule has 0 bridgehead atoms. The van der Waals surface area contributed by atoms with E-state index in [1.807, 2.05) is 13.8 Å². The van der Waals surface area contributed by atoms with Gasteiger partial charge in [0.05, 0.1) is 12.6 Å². The van der Waals surface area contributed by atoms with Crippen LogP contribution in [-0.4, -0.2) is 25.5 Å². The fourth-order valence-corrected chi connectivity index (χ4v) is 0.488. The first-order valence-corrected chi connectivity index (χ1v) is 2.71. The predicted octanol–water partition coefficient (Wildman–Crippen LogP) is 1.17. The molecule has 0 aliphatic rings. The van der Waals surface area contributed by atoms with Crippen LogP contribution < -0.4 is 0 Å². The minimum absolute atomic E-state index is 0.303. The summed E-state index contributed by atoms with van der Waals surface area (Å²) < 4.78 is 0. The van der Waals surface area contributed by atoms with E-state index in [2.05, 4.69) is 16.7 Å². The maximum atomic E-state index is 4.06. The van der Waals surface area contributed by atoms with Crippen molar-refractivity contribution in [1.29, 1.82) is 0 Å². The highest BCUT2D eigenvalue weighted by Crippen LogP contribution is 1.86. The van der Waals surface area contributed by atoms with E-state index >= 15 is 0 Å². The fourth-order valence-electron chi connectivity index (χ4n) is 0.488. The van der Waals surface area contributed by atoms with E-state index in [1.165, 1.54) is 0 Å². The molecule has 0 aromatic carbocycles. The van der Waals surface area contributed by atoms with Gasteiger partial charge in [0.15, 0.2) is 0 Å². The second-order valence-electron chi connectivity index (χ2n) is 1.66. The van der Waals surface area contributed by atoms with Gasteiger partial charge in [0, 0.05) is 0 Å². The molecule has 1 unspecified atom stereocenters. The van der Waals surface area contributed by atoms with Crippen molar-refractivity contribution in [1.82, 2.24) is 0 Å². The van der Waals surface area contributed by atoms with Gasteiger partial charge in [-0.15, -0.1) is 0 Å². The average molecular weight is 112 g/mol. The standard InChI is InChI=1S/C6H12N2/c1-4-8-6(2)5-7-3/h4,6H,3,5H2,1-2H3. The van der Waals surface area contributed by atoms with Crippen LogP contribution in [0.1, 0.15) is 13.8 Å².